The monoisotopic (exact) mass is 237 g/mol. The van der Waals surface area contributed by atoms with E-state index in [0.717, 1.165) is 5.39 Å². The molecule has 0 aliphatic rings. The van der Waals surface area contributed by atoms with Crippen molar-refractivity contribution >= 4 is 21.0 Å². The molecule has 0 radical (unpaired) electrons. The molecule has 0 amide bonds. The predicted molar refractivity (Wildman–Crippen MR) is 61.8 cm³/mol. The highest BCUT2D eigenvalue weighted by molar-refractivity contribution is 7.87. The van der Waals surface area contributed by atoms with Crippen molar-refractivity contribution in [3.05, 3.63) is 36.5 Å². The Morgan fingerprint density at radius 1 is 1.25 bits per heavy atom. The SMILES string of the molecule is CCS(=O)(=O)Oc1cccc2cccnc12. The average molecular weight is 237 g/mol. The summed E-state index contributed by atoms with van der Waals surface area (Å²) in [6, 6.07) is 8.84. The van der Waals surface area contributed by atoms with E-state index in [0.29, 0.717) is 5.52 Å². The summed E-state index contributed by atoms with van der Waals surface area (Å²) in [5.74, 6) is 0.218. The van der Waals surface area contributed by atoms with Crippen LogP contribution in [0.3, 0.4) is 0 Å². The molecule has 5 heteroatoms. The fourth-order valence-electron chi connectivity index (χ4n) is 1.34. The standard InChI is InChI=1S/C11H11NO3S/c1-2-16(13,14)15-10-7-3-5-9-6-4-8-12-11(9)10/h3-8H,2H2,1H3. The molecule has 0 saturated heterocycles. The van der Waals surface area contributed by atoms with Crippen LogP contribution in [0, 0.1) is 0 Å². The van der Waals surface area contributed by atoms with Crippen molar-refractivity contribution in [3.8, 4) is 5.75 Å². The van der Waals surface area contributed by atoms with Crippen LogP contribution in [-0.4, -0.2) is 19.2 Å². The molecular formula is C11H11NO3S. The molecule has 84 valence electrons. The highest BCUT2D eigenvalue weighted by Gasteiger charge is 2.12. The van der Waals surface area contributed by atoms with E-state index < -0.39 is 10.1 Å². The first-order valence-electron chi connectivity index (χ1n) is 4.88. The molecule has 1 heterocycles. The molecule has 0 fully saturated rings. The third-order valence-corrected chi connectivity index (χ3v) is 3.31. The van der Waals surface area contributed by atoms with Crippen LogP contribution in [0.15, 0.2) is 36.5 Å². The highest BCUT2D eigenvalue weighted by atomic mass is 32.2. The molecular weight excluding hydrogens is 226 g/mol. The van der Waals surface area contributed by atoms with Gasteiger partial charge in [0.1, 0.15) is 5.52 Å². The zero-order valence-corrected chi connectivity index (χ0v) is 9.57. The molecule has 0 spiro atoms. The van der Waals surface area contributed by atoms with E-state index in [2.05, 4.69) is 4.98 Å². The minimum atomic E-state index is -3.50. The Labute approximate surface area is 94.0 Å². The zero-order valence-electron chi connectivity index (χ0n) is 8.75. The topological polar surface area (TPSA) is 56.3 Å². The van der Waals surface area contributed by atoms with Gasteiger partial charge in [0, 0.05) is 11.6 Å². The molecule has 0 aliphatic heterocycles. The lowest BCUT2D eigenvalue weighted by molar-refractivity contribution is 0.489. The molecule has 2 rings (SSSR count). The predicted octanol–water partition coefficient (Wildman–Crippen LogP) is 1.96. The van der Waals surface area contributed by atoms with Gasteiger partial charge in [-0.05, 0) is 19.1 Å². The summed E-state index contributed by atoms with van der Waals surface area (Å²) < 4.78 is 27.7. The molecule has 1 aromatic heterocycles. The number of pyridine rings is 1. The van der Waals surface area contributed by atoms with Crippen LogP contribution < -0.4 is 4.18 Å². The summed E-state index contributed by atoms with van der Waals surface area (Å²) in [5.41, 5.74) is 0.557. The molecule has 0 aliphatic carbocycles. The van der Waals surface area contributed by atoms with Gasteiger partial charge in [0.05, 0.1) is 5.75 Å². The van der Waals surface area contributed by atoms with Crippen LogP contribution in [0.4, 0.5) is 0 Å². The van der Waals surface area contributed by atoms with E-state index in [4.69, 9.17) is 4.18 Å². The second-order valence-corrected chi connectivity index (χ2v) is 5.12. The number of aromatic nitrogens is 1. The van der Waals surface area contributed by atoms with Gasteiger partial charge in [-0.3, -0.25) is 4.98 Å². The summed E-state index contributed by atoms with van der Waals surface area (Å²) in [6.07, 6.45) is 1.60. The summed E-state index contributed by atoms with van der Waals surface area (Å²) in [5, 5.41) is 0.853. The fraction of sp³-hybridized carbons (Fsp3) is 0.182. The Hall–Kier alpha value is -1.62. The Kier molecular flexibility index (Phi) is 2.78. The van der Waals surface area contributed by atoms with Crippen LogP contribution in [0.5, 0.6) is 5.75 Å². The van der Waals surface area contributed by atoms with Crippen molar-refractivity contribution in [3.63, 3.8) is 0 Å². The van der Waals surface area contributed by atoms with Crippen molar-refractivity contribution < 1.29 is 12.6 Å². The van der Waals surface area contributed by atoms with Crippen molar-refractivity contribution in [2.24, 2.45) is 0 Å². The van der Waals surface area contributed by atoms with Crippen molar-refractivity contribution in [1.82, 2.24) is 4.98 Å². The van der Waals surface area contributed by atoms with Crippen LogP contribution in [-0.2, 0) is 10.1 Å². The van der Waals surface area contributed by atoms with Crippen molar-refractivity contribution in [2.75, 3.05) is 5.75 Å². The maximum atomic E-state index is 11.4. The molecule has 0 atom stereocenters. The number of rotatable bonds is 3. The Morgan fingerprint density at radius 3 is 2.75 bits per heavy atom. The highest BCUT2D eigenvalue weighted by Crippen LogP contribution is 2.24. The van der Waals surface area contributed by atoms with E-state index in [1.165, 1.54) is 6.92 Å². The molecule has 1 aromatic carbocycles. The summed E-state index contributed by atoms with van der Waals surface area (Å²) in [6.45, 7) is 1.54. The molecule has 0 unspecified atom stereocenters. The molecule has 4 nitrogen and oxygen atoms in total. The normalized spacial score (nSPS) is 11.6. The van der Waals surface area contributed by atoms with E-state index in [9.17, 15) is 8.42 Å². The lowest BCUT2D eigenvalue weighted by Gasteiger charge is -2.06. The fourth-order valence-corrected chi connectivity index (χ4v) is 1.87. The molecule has 16 heavy (non-hydrogen) atoms. The summed E-state index contributed by atoms with van der Waals surface area (Å²) >= 11 is 0. The number of benzene rings is 1. The number of para-hydroxylation sites is 1. The van der Waals surface area contributed by atoms with E-state index in [-0.39, 0.29) is 11.5 Å². The Morgan fingerprint density at radius 2 is 2.00 bits per heavy atom. The first-order chi connectivity index (χ1) is 7.62. The van der Waals surface area contributed by atoms with E-state index in [1.54, 1.807) is 24.4 Å². The molecule has 0 N–H and O–H groups in total. The second-order valence-electron chi connectivity index (χ2n) is 3.26. The Bertz CT molecular complexity index is 602. The minimum absolute atomic E-state index is 0.0593. The first-order valence-corrected chi connectivity index (χ1v) is 6.46. The second kappa shape index (κ2) is 4.09. The van der Waals surface area contributed by atoms with Crippen molar-refractivity contribution in [2.45, 2.75) is 6.92 Å². The maximum Gasteiger partial charge on any atom is 0.308 e. The number of nitrogens with zero attached hydrogens (tertiary/aromatic N) is 1. The molecule has 2 aromatic rings. The zero-order chi connectivity index (χ0) is 11.6. The third-order valence-electron chi connectivity index (χ3n) is 2.17. The average Bonchev–Trinajstić information content (AvgIpc) is 2.29. The molecule has 0 bridgehead atoms. The van der Waals surface area contributed by atoms with Gasteiger partial charge in [-0.25, -0.2) is 0 Å². The number of hydrogen-bond donors (Lipinski definition) is 0. The van der Waals surface area contributed by atoms with E-state index in [1.807, 2.05) is 12.1 Å². The van der Waals surface area contributed by atoms with Gasteiger partial charge in [0.25, 0.3) is 0 Å². The van der Waals surface area contributed by atoms with Gasteiger partial charge in [-0.2, -0.15) is 8.42 Å². The summed E-state index contributed by atoms with van der Waals surface area (Å²) in [4.78, 5) is 4.11. The van der Waals surface area contributed by atoms with Crippen LogP contribution in [0.25, 0.3) is 10.9 Å². The van der Waals surface area contributed by atoms with E-state index >= 15 is 0 Å². The van der Waals surface area contributed by atoms with Gasteiger partial charge in [-0.15, -0.1) is 0 Å². The maximum absolute atomic E-state index is 11.4. The van der Waals surface area contributed by atoms with Gasteiger partial charge >= 0.3 is 10.1 Å². The lowest BCUT2D eigenvalue weighted by Crippen LogP contribution is -2.11. The largest absolute Gasteiger partial charge is 0.380 e. The van der Waals surface area contributed by atoms with Crippen molar-refractivity contribution in [1.29, 1.82) is 0 Å². The lowest BCUT2D eigenvalue weighted by atomic mass is 10.2. The van der Waals surface area contributed by atoms with Gasteiger partial charge in [0.15, 0.2) is 5.75 Å². The number of hydrogen-bond acceptors (Lipinski definition) is 4. The quantitative estimate of drug-likeness (QED) is 0.766. The summed E-state index contributed by atoms with van der Waals surface area (Å²) in [7, 11) is -3.50. The van der Waals surface area contributed by atoms with Crippen LogP contribution in [0.2, 0.25) is 0 Å². The molecule has 0 saturated carbocycles. The van der Waals surface area contributed by atoms with Crippen LogP contribution in [0.1, 0.15) is 6.92 Å². The minimum Gasteiger partial charge on any atom is -0.380 e. The first kappa shape index (κ1) is 10.9. The van der Waals surface area contributed by atoms with Gasteiger partial charge < -0.3 is 4.18 Å². The smallest absolute Gasteiger partial charge is 0.308 e. The van der Waals surface area contributed by atoms with Gasteiger partial charge in [-0.1, -0.05) is 18.2 Å². The Balaban J connectivity index is 2.53. The van der Waals surface area contributed by atoms with Crippen LogP contribution >= 0.6 is 0 Å². The van der Waals surface area contributed by atoms with Gasteiger partial charge in [0.2, 0.25) is 0 Å². The number of fused-ring (bicyclic) bond motifs is 1. The third kappa shape index (κ3) is 2.14.